The van der Waals surface area contributed by atoms with Crippen LogP contribution in [0.4, 0.5) is 11.4 Å². The Hall–Kier alpha value is -3.68. The first kappa shape index (κ1) is 20.6. The van der Waals surface area contributed by atoms with Gasteiger partial charge in [-0.05, 0) is 24.3 Å². The van der Waals surface area contributed by atoms with Gasteiger partial charge in [-0.1, -0.05) is 59.6 Å². The zero-order valence-corrected chi connectivity index (χ0v) is 17.3. The van der Waals surface area contributed by atoms with Gasteiger partial charge >= 0.3 is 0 Å². The summed E-state index contributed by atoms with van der Waals surface area (Å²) >= 11 is 12.8. The molecule has 0 fully saturated rings. The molecule has 1 heterocycles. The van der Waals surface area contributed by atoms with Gasteiger partial charge in [0.2, 0.25) is 0 Å². The molecule has 1 aromatic heterocycles. The molecule has 0 aliphatic rings. The first-order valence-electron chi connectivity index (χ1n) is 9.09. The lowest BCUT2D eigenvalue weighted by atomic mass is 10.2. The van der Waals surface area contributed by atoms with Crippen molar-refractivity contribution in [2.45, 2.75) is 0 Å². The second kappa shape index (κ2) is 8.59. The highest BCUT2D eigenvalue weighted by Gasteiger charge is 2.21. The predicted molar refractivity (Wildman–Crippen MR) is 122 cm³/mol. The summed E-state index contributed by atoms with van der Waals surface area (Å²) in [5, 5.41) is 16.3. The summed E-state index contributed by atoms with van der Waals surface area (Å²) in [4.78, 5) is 23.6. The fourth-order valence-corrected chi connectivity index (χ4v) is 3.71. The zero-order valence-electron chi connectivity index (χ0n) is 15.8. The van der Waals surface area contributed by atoms with Crippen LogP contribution in [0.3, 0.4) is 0 Å². The number of carbonyl (C=O) groups excluding carboxylic acids is 1. The molecule has 1 N–H and O–H groups in total. The highest BCUT2D eigenvalue weighted by Crippen LogP contribution is 2.31. The number of hydrogen-bond acceptors (Lipinski definition) is 5. The van der Waals surface area contributed by atoms with Gasteiger partial charge in [-0.3, -0.25) is 24.9 Å². The number of anilines is 1. The molecule has 4 aromatic rings. The van der Waals surface area contributed by atoms with Gasteiger partial charge in [0.15, 0.2) is 0 Å². The molecule has 31 heavy (non-hydrogen) atoms. The van der Waals surface area contributed by atoms with Gasteiger partial charge in [0.05, 0.1) is 32.9 Å². The molecule has 154 valence electrons. The van der Waals surface area contributed by atoms with Gasteiger partial charge in [-0.25, -0.2) is 0 Å². The van der Waals surface area contributed by atoms with E-state index in [1.54, 1.807) is 48.5 Å². The minimum atomic E-state index is -0.486. The first-order chi connectivity index (χ1) is 15.0. The van der Waals surface area contributed by atoms with Crippen molar-refractivity contribution >= 4 is 57.6 Å². The number of nitro groups is 1. The largest absolute Gasteiger partial charge is 0.278 e. The van der Waals surface area contributed by atoms with Crippen LogP contribution in [-0.2, 0) is 0 Å². The fraction of sp³-hybridized carbons (Fsp3) is 0. The Morgan fingerprint density at radius 1 is 1.03 bits per heavy atom. The van der Waals surface area contributed by atoms with Crippen LogP contribution >= 0.6 is 23.2 Å². The van der Waals surface area contributed by atoms with Crippen molar-refractivity contribution in [2.75, 3.05) is 5.43 Å². The van der Waals surface area contributed by atoms with Crippen LogP contribution in [0.2, 0.25) is 10.2 Å². The van der Waals surface area contributed by atoms with Crippen LogP contribution in [0.1, 0.15) is 15.9 Å². The summed E-state index contributed by atoms with van der Waals surface area (Å²) in [5.74, 6) is -0.363. The molecule has 0 unspecified atom stereocenters. The molecule has 0 amide bonds. The third-order valence-corrected chi connectivity index (χ3v) is 5.31. The summed E-state index contributed by atoms with van der Waals surface area (Å²) in [5.41, 5.74) is 4.59. The van der Waals surface area contributed by atoms with Crippen LogP contribution in [0.15, 0.2) is 77.9 Å². The fourth-order valence-electron chi connectivity index (χ4n) is 3.17. The lowest BCUT2D eigenvalue weighted by Gasteiger charge is -2.07. The molecule has 4 rings (SSSR count). The Kier molecular flexibility index (Phi) is 5.70. The predicted octanol–water partition coefficient (Wildman–Crippen LogP) is 5.99. The summed E-state index contributed by atoms with van der Waals surface area (Å²) in [6.07, 6.45) is 1.47. The Balaban J connectivity index is 1.73. The van der Waals surface area contributed by atoms with Crippen molar-refractivity contribution in [3.8, 4) is 0 Å². The van der Waals surface area contributed by atoms with E-state index in [1.165, 1.54) is 22.9 Å². The molecule has 0 saturated heterocycles. The number of aromatic nitrogens is 1. The number of benzene rings is 3. The molecule has 7 nitrogen and oxygen atoms in total. The van der Waals surface area contributed by atoms with Gasteiger partial charge in [0, 0.05) is 23.1 Å². The summed E-state index contributed by atoms with van der Waals surface area (Å²) in [7, 11) is 0. The average Bonchev–Trinajstić information content (AvgIpc) is 3.05. The third kappa shape index (κ3) is 4.01. The number of hydrazone groups is 1. The van der Waals surface area contributed by atoms with E-state index in [9.17, 15) is 14.9 Å². The smallest absolute Gasteiger partial charge is 0.271 e. The topological polar surface area (TPSA) is 89.5 Å². The summed E-state index contributed by atoms with van der Waals surface area (Å²) in [6.45, 7) is 0. The molecular formula is C22H14Cl2N4O3. The van der Waals surface area contributed by atoms with Gasteiger partial charge < -0.3 is 0 Å². The van der Waals surface area contributed by atoms with Crippen LogP contribution < -0.4 is 5.43 Å². The standard InChI is InChI=1S/C22H14Cl2N4O3/c23-19-10-3-1-9-17(19)22(29)27-20-11-4-2-8-16(20)18(21(27)24)13-25-26-14-6-5-7-15(12-14)28(30)31/h1-13,26H/b25-13+. The lowest BCUT2D eigenvalue weighted by molar-refractivity contribution is -0.384. The Bertz CT molecular complexity index is 1350. The van der Waals surface area contributed by atoms with E-state index >= 15 is 0 Å². The number of para-hydroxylation sites is 1. The molecule has 0 aliphatic carbocycles. The van der Waals surface area contributed by atoms with E-state index in [1.807, 2.05) is 12.1 Å². The maximum Gasteiger partial charge on any atom is 0.271 e. The van der Waals surface area contributed by atoms with Crippen LogP contribution in [0, 0.1) is 10.1 Å². The molecule has 9 heteroatoms. The van der Waals surface area contributed by atoms with Crippen molar-refractivity contribution < 1.29 is 9.72 Å². The van der Waals surface area contributed by atoms with Crippen LogP contribution in [0.5, 0.6) is 0 Å². The van der Waals surface area contributed by atoms with Crippen molar-refractivity contribution in [1.82, 2.24) is 4.57 Å². The number of rotatable bonds is 5. The number of fused-ring (bicyclic) bond motifs is 1. The lowest BCUT2D eigenvalue weighted by Crippen LogP contribution is -2.12. The number of nitro benzene ring substituents is 1. The SMILES string of the molecule is O=C(c1ccccc1Cl)n1c(Cl)c(/C=N/Nc2cccc([N+](=O)[O-])c2)c2ccccc21. The minimum Gasteiger partial charge on any atom is -0.278 e. The maximum absolute atomic E-state index is 13.2. The Labute approximate surface area is 186 Å². The molecule has 0 aliphatic heterocycles. The molecular weight excluding hydrogens is 439 g/mol. The van der Waals surface area contributed by atoms with Gasteiger partial charge in [0.1, 0.15) is 5.15 Å². The molecule has 0 bridgehead atoms. The number of carbonyl (C=O) groups is 1. The minimum absolute atomic E-state index is 0.0554. The summed E-state index contributed by atoms with van der Waals surface area (Å²) in [6, 6.07) is 19.9. The molecule has 0 radical (unpaired) electrons. The number of nitrogens with one attached hydrogen (secondary N) is 1. The Morgan fingerprint density at radius 2 is 1.77 bits per heavy atom. The van der Waals surface area contributed by atoms with Gasteiger partial charge in [-0.2, -0.15) is 5.10 Å². The van der Waals surface area contributed by atoms with Crippen LogP contribution in [0.25, 0.3) is 10.9 Å². The van der Waals surface area contributed by atoms with E-state index in [0.717, 1.165) is 5.39 Å². The highest BCUT2D eigenvalue weighted by molar-refractivity contribution is 6.37. The average molecular weight is 453 g/mol. The number of halogens is 2. The molecule has 0 saturated carbocycles. The second-order valence-corrected chi connectivity index (χ2v) is 7.28. The Morgan fingerprint density at radius 3 is 2.55 bits per heavy atom. The van der Waals surface area contributed by atoms with Crippen molar-refractivity contribution in [3.63, 3.8) is 0 Å². The number of non-ortho nitro benzene ring substituents is 1. The molecule has 3 aromatic carbocycles. The van der Waals surface area contributed by atoms with Crippen LogP contribution in [-0.4, -0.2) is 21.6 Å². The quantitative estimate of drug-likeness (QED) is 0.228. The maximum atomic E-state index is 13.2. The van der Waals surface area contributed by atoms with Gasteiger partial charge in [0.25, 0.3) is 11.6 Å². The normalized spacial score (nSPS) is 11.2. The number of nitrogens with zero attached hydrogens (tertiary/aromatic N) is 3. The third-order valence-electron chi connectivity index (χ3n) is 4.61. The van der Waals surface area contributed by atoms with E-state index < -0.39 is 4.92 Å². The molecule has 0 spiro atoms. The molecule has 0 atom stereocenters. The van der Waals surface area contributed by atoms with Crippen molar-refractivity contribution in [3.05, 3.63) is 104 Å². The summed E-state index contributed by atoms with van der Waals surface area (Å²) < 4.78 is 1.38. The van der Waals surface area contributed by atoms with E-state index in [0.29, 0.717) is 27.4 Å². The van der Waals surface area contributed by atoms with Crippen molar-refractivity contribution in [1.29, 1.82) is 0 Å². The van der Waals surface area contributed by atoms with Gasteiger partial charge in [-0.15, -0.1) is 0 Å². The first-order valence-corrected chi connectivity index (χ1v) is 9.84. The second-order valence-electron chi connectivity index (χ2n) is 6.52. The highest BCUT2D eigenvalue weighted by atomic mass is 35.5. The monoisotopic (exact) mass is 452 g/mol. The van der Waals surface area contributed by atoms with E-state index in [2.05, 4.69) is 10.5 Å². The number of hydrogen-bond donors (Lipinski definition) is 1. The van der Waals surface area contributed by atoms with Crippen molar-refractivity contribution in [2.24, 2.45) is 5.10 Å². The van der Waals surface area contributed by atoms with E-state index in [4.69, 9.17) is 23.2 Å². The van der Waals surface area contributed by atoms with E-state index in [-0.39, 0.29) is 16.7 Å². The zero-order chi connectivity index (χ0) is 22.0.